The van der Waals surface area contributed by atoms with Crippen LogP contribution in [-0.2, 0) is 20.0 Å². The van der Waals surface area contributed by atoms with Gasteiger partial charge in [-0.25, -0.2) is 16.8 Å². The number of nitrogens with zero attached hydrogens (tertiary/aromatic N) is 1. The van der Waals surface area contributed by atoms with E-state index in [-0.39, 0.29) is 25.5 Å². The number of nitrogens with one attached hydrogen (secondary N) is 1. The smallest absolute Gasteiger partial charge is 0.263 e. The molecule has 0 bridgehead atoms. The van der Waals surface area contributed by atoms with Crippen LogP contribution in [0.4, 0.5) is 5.69 Å². The molecule has 3 rings (SSSR count). The van der Waals surface area contributed by atoms with E-state index in [4.69, 9.17) is 23.2 Å². The van der Waals surface area contributed by atoms with Gasteiger partial charge in [0.05, 0.1) is 9.92 Å². The number of hydrogen-bond donors (Lipinski definition) is 1. The molecule has 0 aromatic heterocycles. The number of benzene rings is 2. The van der Waals surface area contributed by atoms with E-state index in [2.05, 4.69) is 11.6 Å². The van der Waals surface area contributed by atoms with E-state index >= 15 is 0 Å². The standard InChI is InChI=1S/C18H20Cl2N2O4S2/c1-13-8-10-22(11-9-13)28(25,26)16-5-3-15(4-6-16)21-27(23,24)18-12-14(19)2-7-17(18)20/h2-7,12-13,21H,8-11H2,1H3. The fourth-order valence-corrected chi connectivity index (χ4v) is 6.25. The molecule has 10 heteroatoms. The fourth-order valence-electron chi connectivity index (χ4n) is 2.96. The van der Waals surface area contributed by atoms with E-state index < -0.39 is 20.0 Å². The third-order valence-corrected chi connectivity index (χ3v) is 8.68. The minimum Gasteiger partial charge on any atom is -0.280 e. The molecule has 0 amide bonds. The molecular formula is C18H20Cl2N2O4S2. The first-order valence-corrected chi connectivity index (χ1v) is 12.4. The van der Waals surface area contributed by atoms with Crippen LogP contribution in [0.2, 0.25) is 10.0 Å². The van der Waals surface area contributed by atoms with E-state index in [1.807, 2.05) is 0 Å². The Morgan fingerprint density at radius 3 is 2.18 bits per heavy atom. The van der Waals surface area contributed by atoms with Crippen molar-refractivity contribution in [1.82, 2.24) is 4.31 Å². The molecule has 0 atom stereocenters. The lowest BCUT2D eigenvalue weighted by atomic mass is 10.0. The molecular weight excluding hydrogens is 443 g/mol. The zero-order valence-corrected chi connectivity index (χ0v) is 18.2. The summed E-state index contributed by atoms with van der Waals surface area (Å²) < 4.78 is 54.5. The second-order valence-corrected chi connectivity index (χ2v) is 11.2. The lowest BCUT2D eigenvalue weighted by molar-refractivity contribution is 0.288. The van der Waals surface area contributed by atoms with Crippen LogP contribution in [0.15, 0.2) is 52.3 Å². The van der Waals surface area contributed by atoms with Crippen molar-refractivity contribution in [3.05, 3.63) is 52.5 Å². The number of anilines is 1. The quantitative estimate of drug-likeness (QED) is 0.720. The molecule has 2 aromatic carbocycles. The summed E-state index contributed by atoms with van der Waals surface area (Å²) in [5.41, 5.74) is 0.224. The summed E-state index contributed by atoms with van der Waals surface area (Å²) in [6.07, 6.45) is 1.66. The molecule has 6 nitrogen and oxygen atoms in total. The fraction of sp³-hybridized carbons (Fsp3) is 0.333. The molecule has 1 aliphatic rings. The average Bonchev–Trinajstić information content (AvgIpc) is 2.64. The maximum Gasteiger partial charge on any atom is 0.263 e. The first kappa shape index (κ1) is 21.4. The van der Waals surface area contributed by atoms with Gasteiger partial charge >= 0.3 is 0 Å². The van der Waals surface area contributed by atoms with Crippen molar-refractivity contribution in [3.8, 4) is 0 Å². The van der Waals surface area contributed by atoms with E-state index in [0.717, 1.165) is 12.8 Å². The Morgan fingerprint density at radius 1 is 0.964 bits per heavy atom. The Kier molecular flexibility index (Phi) is 6.26. The third-order valence-electron chi connectivity index (χ3n) is 4.67. The van der Waals surface area contributed by atoms with Crippen LogP contribution in [0, 0.1) is 5.92 Å². The molecule has 1 heterocycles. The number of sulfonamides is 2. The van der Waals surface area contributed by atoms with Gasteiger partial charge in [-0.3, -0.25) is 4.72 Å². The van der Waals surface area contributed by atoms with E-state index in [1.54, 1.807) is 0 Å². The molecule has 0 saturated carbocycles. The molecule has 0 radical (unpaired) electrons. The van der Waals surface area contributed by atoms with Gasteiger partial charge in [0.1, 0.15) is 4.90 Å². The molecule has 1 N–H and O–H groups in total. The summed E-state index contributed by atoms with van der Waals surface area (Å²) in [5, 5.41) is 0.275. The number of halogens is 2. The first-order chi connectivity index (χ1) is 13.1. The second kappa shape index (κ2) is 8.20. The highest BCUT2D eigenvalue weighted by molar-refractivity contribution is 7.92. The molecule has 0 aliphatic carbocycles. The van der Waals surface area contributed by atoms with E-state index in [9.17, 15) is 16.8 Å². The predicted octanol–water partition coefficient (Wildman–Crippen LogP) is 4.21. The SMILES string of the molecule is CC1CCN(S(=O)(=O)c2ccc(NS(=O)(=O)c3cc(Cl)ccc3Cl)cc2)CC1. The Labute approximate surface area is 175 Å². The monoisotopic (exact) mass is 462 g/mol. The maximum absolute atomic E-state index is 12.7. The lowest BCUT2D eigenvalue weighted by Gasteiger charge is -2.29. The van der Waals surface area contributed by atoms with Crippen molar-refractivity contribution >= 4 is 48.9 Å². The van der Waals surface area contributed by atoms with Crippen LogP contribution < -0.4 is 4.72 Å². The van der Waals surface area contributed by atoms with Gasteiger partial charge in [0.2, 0.25) is 10.0 Å². The molecule has 2 aromatic rings. The van der Waals surface area contributed by atoms with Gasteiger partial charge < -0.3 is 0 Å². The van der Waals surface area contributed by atoms with Crippen molar-refractivity contribution < 1.29 is 16.8 Å². The summed E-state index contributed by atoms with van der Waals surface area (Å²) in [4.78, 5) is -0.0217. The van der Waals surface area contributed by atoms with Crippen LogP contribution in [0.3, 0.4) is 0 Å². The zero-order valence-electron chi connectivity index (χ0n) is 15.1. The highest BCUT2D eigenvalue weighted by Gasteiger charge is 2.28. The van der Waals surface area contributed by atoms with Crippen LogP contribution in [0.5, 0.6) is 0 Å². The minimum absolute atomic E-state index is 0.0374. The summed E-state index contributed by atoms with van der Waals surface area (Å²) in [6, 6.07) is 9.75. The number of hydrogen-bond acceptors (Lipinski definition) is 4. The van der Waals surface area contributed by atoms with Crippen molar-refractivity contribution in [1.29, 1.82) is 0 Å². The first-order valence-electron chi connectivity index (χ1n) is 8.68. The van der Waals surface area contributed by atoms with Crippen molar-refractivity contribution in [2.24, 2.45) is 5.92 Å². The highest BCUT2D eigenvalue weighted by atomic mass is 35.5. The maximum atomic E-state index is 12.7. The van der Waals surface area contributed by atoms with Gasteiger partial charge in [0.15, 0.2) is 0 Å². The second-order valence-electron chi connectivity index (χ2n) is 6.79. The summed E-state index contributed by atoms with van der Waals surface area (Å²) in [7, 11) is -7.56. The van der Waals surface area contributed by atoms with Gasteiger partial charge in [-0.15, -0.1) is 0 Å². The molecule has 0 spiro atoms. The van der Waals surface area contributed by atoms with Crippen LogP contribution >= 0.6 is 23.2 Å². The molecule has 1 saturated heterocycles. The Hall–Kier alpha value is -1.32. The van der Waals surface area contributed by atoms with E-state index in [0.29, 0.717) is 19.0 Å². The largest absolute Gasteiger partial charge is 0.280 e. The van der Waals surface area contributed by atoms with Crippen LogP contribution in [0.1, 0.15) is 19.8 Å². The average molecular weight is 463 g/mol. The molecule has 0 unspecified atom stereocenters. The van der Waals surface area contributed by atoms with Gasteiger partial charge in [-0.05, 0) is 61.2 Å². The summed E-state index contributed by atoms with van der Waals surface area (Å²) >= 11 is 11.8. The van der Waals surface area contributed by atoms with Crippen LogP contribution in [0.25, 0.3) is 0 Å². The Balaban J connectivity index is 1.80. The summed E-state index contributed by atoms with van der Waals surface area (Å²) in [6.45, 7) is 3.09. The van der Waals surface area contributed by atoms with E-state index in [1.165, 1.54) is 46.8 Å². The Bertz CT molecular complexity index is 1060. The predicted molar refractivity (Wildman–Crippen MR) is 111 cm³/mol. The zero-order chi connectivity index (χ0) is 20.5. The van der Waals surface area contributed by atoms with Gasteiger partial charge in [-0.2, -0.15) is 4.31 Å². The van der Waals surface area contributed by atoms with Gasteiger partial charge in [-0.1, -0.05) is 30.1 Å². The normalized spacial score (nSPS) is 16.8. The highest BCUT2D eigenvalue weighted by Crippen LogP contribution is 2.28. The van der Waals surface area contributed by atoms with Gasteiger partial charge in [0, 0.05) is 23.8 Å². The van der Waals surface area contributed by atoms with Crippen molar-refractivity contribution in [2.45, 2.75) is 29.6 Å². The number of rotatable bonds is 5. The topological polar surface area (TPSA) is 83.6 Å². The molecule has 28 heavy (non-hydrogen) atoms. The molecule has 1 fully saturated rings. The van der Waals surface area contributed by atoms with Crippen LogP contribution in [-0.4, -0.2) is 34.2 Å². The van der Waals surface area contributed by atoms with Gasteiger partial charge in [0.25, 0.3) is 10.0 Å². The third kappa shape index (κ3) is 4.63. The molecule has 152 valence electrons. The Morgan fingerprint density at radius 2 is 1.57 bits per heavy atom. The van der Waals surface area contributed by atoms with Crippen molar-refractivity contribution in [2.75, 3.05) is 17.8 Å². The summed E-state index contributed by atoms with van der Waals surface area (Å²) in [5.74, 6) is 0.515. The minimum atomic E-state index is -3.97. The number of piperidine rings is 1. The lowest BCUT2D eigenvalue weighted by Crippen LogP contribution is -2.37. The molecule has 1 aliphatic heterocycles. The van der Waals surface area contributed by atoms with Crippen molar-refractivity contribution in [3.63, 3.8) is 0 Å².